The maximum atomic E-state index is 13.1. The Bertz CT molecular complexity index is 290. The highest BCUT2D eigenvalue weighted by Crippen LogP contribution is 2.40. The zero-order valence-electron chi connectivity index (χ0n) is 12.0. The predicted octanol–water partition coefficient (Wildman–Crippen LogP) is 4.52. The first-order valence-corrected chi connectivity index (χ1v) is 7.76. The predicted molar refractivity (Wildman–Crippen MR) is 70.9 cm³/mol. The van der Waals surface area contributed by atoms with Crippen LogP contribution in [0.2, 0.25) is 0 Å². The summed E-state index contributed by atoms with van der Waals surface area (Å²) in [5, 5.41) is 3.37. The van der Waals surface area contributed by atoms with Gasteiger partial charge in [0, 0.05) is 12.1 Å². The van der Waals surface area contributed by atoms with E-state index in [4.69, 9.17) is 0 Å². The molecule has 112 valence electrons. The molecule has 0 radical (unpaired) electrons. The maximum Gasteiger partial charge on any atom is 0.393 e. The molecule has 0 aliphatic heterocycles. The molecule has 1 nitrogen and oxygen atoms in total. The third-order valence-electron chi connectivity index (χ3n) is 5.37. The zero-order chi connectivity index (χ0) is 14.0. The van der Waals surface area contributed by atoms with E-state index in [2.05, 4.69) is 19.2 Å². The molecule has 5 unspecified atom stereocenters. The van der Waals surface area contributed by atoms with E-state index in [9.17, 15) is 13.2 Å². The lowest BCUT2D eigenvalue weighted by Crippen LogP contribution is -2.50. The monoisotopic (exact) mass is 277 g/mol. The third-order valence-corrected chi connectivity index (χ3v) is 5.37. The molecule has 0 spiro atoms. The molecule has 0 amide bonds. The van der Waals surface area contributed by atoms with Gasteiger partial charge in [0.05, 0.1) is 5.92 Å². The summed E-state index contributed by atoms with van der Waals surface area (Å²) in [6.45, 7) is 4.38. The molecule has 5 atom stereocenters. The molecule has 2 aliphatic rings. The molecular weight excluding hydrogens is 251 g/mol. The van der Waals surface area contributed by atoms with Crippen molar-refractivity contribution in [1.29, 1.82) is 0 Å². The van der Waals surface area contributed by atoms with Crippen LogP contribution in [0.1, 0.15) is 58.8 Å². The van der Waals surface area contributed by atoms with E-state index >= 15 is 0 Å². The fraction of sp³-hybridized carbons (Fsp3) is 1.00. The lowest BCUT2D eigenvalue weighted by molar-refractivity contribution is -0.189. The van der Waals surface area contributed by atoms with Crippen molar-refractivity contribution in [2.45, 2.75) is 77.1 Å². The van der Waals surface area contributed by atoms with Crippen LogP contribution in [0.15, 0.2) is 0 Å². The molecule has 0 bridgehead atoms. The number of alkyl halides is 3. The fourth-order valence-electron chi connectivity index (χ4n) is 4.06. The van der Waals surface area contributed by atoms with Gasteiger partial charge in [-0.1, -0.05) is 33.1 Å². The van der Waals surface area contributed by atoms with Crippen molar-refractivity contribution >= 4 is 0 Å². The van der Waals surface area contributed by atoms with Crippen molar-refractivity contribution in [2.75, 3.05) is 0 Å². The van der Waals surface area contributed by atoms with E-state index in [0.717, 1.165) is 25.7 Å². The maximum absolute atomic E-state index is 13.1. The summed E-state index contributed by atoms with van der Waals surface area (Å²) < 4.78 is 39.2. The van der Waals surface area contributed by atoms with Gasteiger partial charge in [-0.3, -0.25) is 0 Å². The average Bonchev–Trinajstić information content (AvgIpc) is 2.70. The quantitative estimate of drug-likeness (QED) is 0.799. The topological polar surface area (TPSA) is 12.0 Å². The van der Waals surface area contributed by atoms with E-state index in [1.807, 2.05) is 0 Å². The first-order chi connectivity index (χ1) is 8.93. The molecule has 0 aromatic rings. The summed E-state index contributed by atoms with van der Waals surface area (Å²) >= 11 is 0. The van der Waals surface area contributed by atoms with Crippen LogP contribution in [-0.4, -0.2) is 18.3 Å². The van der Waals surface area contributed by atoms with Gasteiger partial charge in [-0.15, -0.1) is 0 Å². The number of rotatable bonds is 3. The summed E-state index contributed by atoms with van der Waals surface area (Å²) in [6.07, 6.45) is 1.96. The van der Waals surface area contributed by atoms with E-state index < -0.39 is 12.1 Å². The van der Waals surface area contributed by atoms with Gasteiger partial charge in [-0.05, 0) is 37.5 Å². The second-order valence-corrected chi connectivity index (χ2v) is 6.42. The number of hydrogen-bond acceptors (Lipinski definition) is 1. The van der Waals surface area contributed by atoms with Gasteiger partial charge < -0.3 is 5.32 Å². The SMILES string of the molecule is CCC1CCC(NC2CCCCC2C(F)(F)F)C1C. The molecule has 0 saturated heterocycles. The summed E-state index contributed by atoms with van der Waals surface area (Å²) in [4.78, 5) is 0. The van der Waals surface area contributed by atoms with Gasteiger partial charge in [0.1, 0.15) is 0 Å². The van der Waals surface area contributed by atoms with Gasteiger partial charge in [0.15, 0.2) is 0 Å². The molecule has 0 aromatic heterocycles. The minimum atomic E-state index is -4.04. The highest BCUT2D eigenvalue weighted by Gasteiger charge is 2.46. The third kappa shape index (κ3) is 3.45. The van der Waals surface area contributed by atoms with Crippen molar-refractivity contribution in [2.24, 2.45) is 17.8 Å². The summed E-state index contributed by atoms with van der Waals surface area (Å²) in [7, 11) is 0. The van der Waals surface area contributed by atoms with E-state index in [1.165, 1.54) is 6.42 Å². The Labute approximate surface area is 114 Å². The molecule has 2 rings (SSSR count). The van der Waals surface area contributed by atoms with Crippen LogP contribution in [0.3, 0.4) is 0 Å². The normalized spacial score (nSPS) is 40.6. The molecule has 1 N–H and O–H groups in total. The molecule has 2 saturated carbocycles. The number of nitrogens with one attached hydrogen (secondary N) is 1. The fourth-order valence-corrected chi connectivity index (χ4v) is 4.06. The number of halogens is 3. The van der Waals surface area contributed by atoms with Crippen LogP contribution < -0.4 is 5.32 Å². The van der Waals surface area contributed by atoms with Crippen molar-refractivity contribution in [1.82, 2.24) is 5.32 Å². The second-order valence-electron chi connectivity index (χ2n) is 6.42. The van der Waals surface area contributed by atoms with Gasteiger partial charge in [0.25, 0.3) is 0 Å². The van der Waals surface area contributed by atoms with Crippen LogP contribution in [0.4, 0.5) is 13.2 Å². The first-order valence-electron chi connectivity index (χ1n) is 7.76. The summed E-state index contributed by atoms with van der Waals surface area (Å²) in [6, 6.07) is -0.0605. The van der Waals surface area contributed by atoms with Crippen molar-refractivity contribution in [3.05, 3.63) is 0 Å². The van der Waals surface area contributed by atoms with E-state index in [-0.39, 0.29) is 12.1 Å². The lowest BCUT2D eigenvalue weighted by atomic mass is 9.83. The lowest BCUT2D eigenvalue weighted by Gasteiger charge is -2.36. The van der Waals surface area contributed by atoms with Gasteiger partial charge >= 0.3 is 6.18 Å². The average molecular weight is 277 g/mol. The summed E-state index contributed by atoms with van der Waals surface area (Å²) in [5.74, 6) is 0.0698. The second kappa shape index (κ2) is 6.02. The molecular formula is C15H26F3N. The van der Waals surface area contributed by atoms with Crippen LogP contribution in [0.25, 0.3) is 0 Å². The molecule has 4 heteroatoms. The van der Waals surface area contributed by atoms with E-state index in [0.29, 0.717) is 24.7 Å². The Morgan fingerprint density at radius 3 is 2.26 bits per heavy atom. The van der Waals surface area contributed by atoms with Crippen LogP contribution in [0, 0.1) is 17.8 Å². The zero-order valence-corrected chi connectivity index (χ0v) is 12.0. The number of hydrogen-bond donors (Lipinski definition) is 1. The Hall–Kier alpha value is -0.250. The molecule has 0 aromatic carbocycles. The van der Waals surface area contributed by atoms with Crippen molar-refractivity contribution < 1.29 is 13.2 Å². The Morgan fingerprint density at radius 1 is 1.00 bits per heavy atom. The smallest absolute Gasteiger partial charge is 0.310 e. The van der Waals surface area contributed by atoms with Crippen LogP contribution in [-0.2, 0) is 0 Å². The Balaban J connectivity index is 1.97. The van der Waals surface area contributed by atoms with Gasteiger partial charge in [0.2, 0.25) is 0 Å². The van der Waals surface area contributed by atoms with Crippen molar-refractivity contribution in [3.63, 3.8) is 0 Å². The van der Waals surface area contributed by atoms with E-state index in [1.54, 1.807) is 0 Å². The molecule has 0 heterocycles. The molecule has 19 heavy (non-hydrogen) atoms. The summed E-state index contributed by atoms with van der Waals surface area (Å²) in [5.41, 5.74) is 0. The highest BCUT2D eigenvalue weighted by molar-refractivity contribution is 4.93. The minimum absolute atomic E-state index is 0.290. The molecule has 2 fully saturated rings. The van der Waals surface area contributed by atoms with Gasteiger partial charge in [-0.2, -0.15) is 13.2 Å². The highest BCUT2D eigenvalue weighted by atomic mass is 19.4. The van der Waals surface area contributed by atoms with Crippen LogP contribution in [0.5, 0.6) is 0 Å². The standard InChI is InChI=1S/C15H26F3N/c1-3-11-8-9-13(10(11)2)19-14-7-5-4-6-12(14)15(16,17)18/h10-14,19H,3-9H2,1-2H3. The largest absolute Gasteiger partial charge is 0.393 e. The van der Waals surface area contributed by atoms with Crippen LogP contribution >= 0.6 is 0 Å². The minimum Gasteiger partial charge on any atom is -0.310 e. The van der Waals surface area contributed by atoms with Gasteiger partial charge in [-0.25, -0.2) is 0 Å². The Morgan fingerprint density at radius 2 is 1.68 bits per heavy atom. The molecule has 2 aliphatic carbocycles. The first kappa shape index (κ1) is 15.1. The Kier molecular flexibility index (Phi) is 4.80. The van der Waals surface area contributed by atoms with Crippen molar-refractivity contribution in [3.8, 4) is 0 Å².